The molecular weight excluding hydrogens is 593 g/mol. The predicted molar refractivity (Wildman–Crippen MR) is 208 cm³/mol. The highest BCUT2D eigenvalue weighted by Crippen LogP contribution is 2.54. The van der Waals surface area contributed by atoms with Crippen LogP contribution in [0.1, 0.15) is 25.0 Å². The topological polar surface area (TPSA) is 9.34 Å². The molecule has 0 radical (unpaired) electrons. The Labute approximate surface area is 282 Å². The summed E-state index contributed by atoms with van der Waals surface area (Å²) in [5.41, 5.74) is 13.0. The Bertz CT molecular complexity index is 3240. The van der Waals surface area contributed by atoms with Crippen molar-refractivity contribution < 1.29 is 0 Å². The first-order valence-electron chi connectivity index (χ1n) is 17.3. The average Bonchev–Trinajstić information content (AvgIpc) is 3.85. The molecule has 0 saturated heterocycles. The Morgan fingerprint density at radius 2 is 1.06 bits per heavy atom. The van der Waals surface area contributed by atoms with Gasteiger partial charge < -0.3 is 8.97 Å². The summed E-state index contributed by atoms with van der Waals surface area (Å²) in [7, 11) is 0. The largest absolute Gasteiger partial charge is 0.308 e. The highest BCUT2D eigenvalue weighted by atomic mass is 15.0. The number of rotatable bonds is 1. The van der Waals surface area contributed by atoms with E-state index in [2.05, 4.69) is 168 Å². The highest BCUT2D eigenvalue weighted by molar-refractivity contribution is 6.41. The number of benzene rings is 8. The zero-order chi connectivity index (χ0) is 32.2. The molecule has 228 valence electrons. The van der Waals surface area contributed by atoms with Gasteiger partial charge in [-0.2, -0.15) is 0 Å². The zero-order valence-corrected chi connectivity index (χ0v) is 27.3. The maximum Gasteiger partial charge on any atom is 0.0648 e. The molecule has 0 N–H and O–H groups in total. The van der Waals surface area contributed by atoms with Crippen molar-refractivity contribution in [2.45, 2.75) is 19.3 Å². The smallest absolute Gasteiger partial charge is 0.0648 e. The first kappa shape index (κ1) is 25.9. The number of nitrogens with zero attached hydrogens (tertiary/aromatic N) is 2. The summed E-state index contributed by atoms with van der Waals surface area (Å²) in [6.45, 7) is 4.76. The minimum absolute atomic E-state index is 0.0924. The van der Waals surface area contributed by atoms with Crippen molar-refractivity contribution in [2.24, 2.45) is 0 Å². The summed E-state index contributed by atoms with van der Waals surface area (Å²) in [5.74, 6) is 0. The van der Waals surface area contributed by atoms with Gasteiger partial charge >= 0.3 is 0 Å². The lowest BCUT2D eigenvalue weighted by molar-refractivity contribution is 0.660. The molecule has 2 heteroatoms. The molecule has 3 heterocycles. The van der Waals surface area contributed by atoms with Gasteiger partial charge in [0.1, 0.15) is 0 Å². The Hall–Kier alpha value is -6.12. The van der Waals surface area contributed by atoms with Crippen molar-refractivity contribution in [2.75, 3.05) is 0 Å². The molecule has 0 amide bonds. The van der Waals surface area contributed by atoms with Crippen LogP contribution in [-0.4, -0.2) is 8.97 Å². The third-order valence-electron chi connectivity index (χ3n) is 11.8. The lowest BCUT2D eigenvalue weighted by Gasteiger charge is -2.22. The van der Waals surface area contributed by atoms with Gasteiger partial charge in [-0.3, -0.25) is 0 Å². The van der Waals surface area contributed by atoms with E-state index < -0.39 is 0 Å². The second-order valence-electron chi connectivity index (χ2n) is 14.4. The highest BCUT2D eigenvalue weighted by Gasteiger charge is 2.37. The van der Waals surface area contributed by atoms with E-state index in [1.54, 1.807) is 0 Å². The van der Waals surface area contributed by atoms with Crippen molar-refractivity contribution in [1.82, 2.24) is 8.97 Å². The van der Waals surface area contributed by atoms with Crippen molar-refractivity contribution in [3.8, 4) is 16.8 Å². The van der Waals surface area contributed by atoms with E-state index in [1.165, 1.54) is 109 Å². The van der Waals surface area contributed by atoms with Gasteiger partial charge in [0.2, 0.25) is 0 Å². The molecule has 49 heavy (non-hydrogen) atoms. The molecule has 11 aromatic rings. The van der Waals surface area contributed by atoms with E-state index in [0.717, 1.165) is 0 Å². The van der Waals surface area contributed by atoms with Crippen LogP contribution in [0.2, 0.25) is 0 Å². The van der Waals surface area contributed by atoms with Crippen LogP contribution in [-0.2, 0) is 5.41 Å². The Kier molecular flexibility index (Phi) is 4.58. The van der Waals surface area contributed by atoms with Crippen molar-refractivity contribution in [1.29, 1.82) is 0 Å². The Balaban J connectivity index is 1.43. The fraction of sp³-hybridized carbons (Fsp3) is 0.0638. The minimum Gasteiger partial charge on any atom is -0.308 e. The van der Waals surface area contributed by atoms with Crippen LogP contribution in [0.4, 0.5) is 0 Å². The summed E-state index contributed by atoms with van der Waals surface area (Å²) < 4.78 is 5.19. The van der Waals surface area contributed by atoms with Gasteiger partial charge in [0.15, 0.2) is 0 Å². The number of fused-ring (bicyclic) bond motifs is 18. The molecule has 2 nitrogen and oxygen atoms in total. The van der Waals surface area contributed by atoms with Crippen LogP contribution in [0, 0.1) is 0 Å². The summed E-state index contributed by atoms with van der Waals surface area (Å²) in [5, 5.41) is 13.0. The zero-order valence-electron chi connectivity index (χ0n) is 27.3. The number of aromatic nitrogens is 2. The van der Waals surface area contributed by atoms with Crippen LogP contribution >= 0.6 is 0 Å². The summed E-state index contributed by atoms with van der Waals surface area (Å²) in [6, 6.07) is 54.6. The van der Waals surface area contributed by atoms with E-state index in [4.69, 9.17) is 0 Å². The maximum atomic E-state index is 2.63. The molecule has 0 spiro atoms. The van der Waals surface area contributed by atoms with Gasteiger partial charge in [0.25, 0.3) is 0 Å². The van der Waals surface area contributed by atoms with Gasteiger partial charge in [-0.15, -0.1) is 0 Å². The summed E-state index contributed by atoms with van der Waals surface area (Å²) in [6.07, 6.45) is 0. The Morgan fingerprint density at radius 3 is 1.96 bits per heavy atom. The quantitative estimate of drug-likeness (QED) is 0.172. The molecule has 3 aromatic heterocycles. The molecule has 0 unspecified atom stereocenters. The minimum atomic E-state index is -0.0924. The molecular formula is C47H30N2. The van der Waals surface area contributed by atoms with E-state index in [9.17, 15) is 0 Å². The molecule has 1 aliphatic rings. The second-order valence-corrected chi connectivity index (χ2v) is 14.4. The van der Waals surface area contributed by atoms with Gasteiger partial charge in [0.05, 0.1) is 33.3 Å². The fourth-order valence-corrected chi connectivity index (χ4v) is 9.82. The first-order valence-corrected chi connectivity index (χ1v) is 17.3. The van der Waals surface area contributed by atoms with Gasteiger partial charge in [-0.25, -0.2) is 0 Å². The number of hydrogen-bond donors (Lipinski definition) is 0. The first-order chi connectivity index (χ1) is 24.1. The third kappa shape index (κ3) is 2.93. The molecule has 1 aliphatic carbocycles. The molecule has 0 saturated carbocycles. The summed E-state index contributed by atoms with van der Waals surface area (Å²) in [4.78, 5) is 0. The van der Waals surface area contributed by atoms with E-state index in [1.807, 2.05) is 0 Å². The van der Waals surface area contributed by atoms with Gasteiger partial charge in [-0.1, -0.05) is 141 Å². The van der Waals surface area contributed by atoms with E-state index in [-0.39, 0.29) is 5.41 Å². The van der Waals surface area contributed by atoms with Crippen LogP contribution in [0.25, 0.3) is 98.3 Å². The average molecular weight is 623 g/mol. The fourth-order valence-electron chi connectivity index (χ4n) is 9.82. The predicted octanol–water partition coefficient (Wildman–Crippen LogP) is 12.5. The van der Waals surface area contributed by atoms with Crippen LogP contribution in [0.3, 0.4) is 0 Å². The molecule has 0 atom stereocenters. The Morgan fingerprint density at radius 1 is 0.408 bits per heavy atom. The number of hydrogen-bond acceptors (Lipinski definition) is 0. The van der Waals surface area contributed by atoms with Gasteiger partial charge in [0, 0.05) is 48.7 Å². The van der Waals surface area contributed by atoms with Crippen LogP contribution < -0.4 is 0 Å². The van der Waals surface area contributed by atoms with Crippen LogP contribution in [0.5, 0.6) is 0 Å². The molecule has 0 bridgehead atoms. The lowest BCUT2D eigenvalue weighted by atomic mass is 9.82. The molecule has 12 rings (SSSR count). The molecule has 0 fully saturated rings. The normalized spacial score (nSPS) is 14.1. The number of para-hydroxylation sites is 2. The SMILES string of the molecule is CC1(C)c2ccccc2-c2c(-n3c4ccc5ccccc5c4c4c5ccccc5c5c(c6cccc7c8ccccc8n5c76)c43)cccc21. The maximum absolute atomic E-state index is 2.63. The molecule has 8 aromatic carbocycles. The van der Waals surface area contributed by atoms with E-state index in [0.29, 0.717) is 0 Å². The lowest BCUT2D eigenvalue weighted by Crippen LogP contribution is -2.15. The van der Waals surface area contributed by atoms with Crippen molar-refractivity contribution in [3.05, 3.63) is 157 Å². The summed E-state index contributed by atoms with van der Waals surface area (Å²) >= 11 is 0. The second kappa shape index (κ2) is 8.66. The van der Waals surface area contributed by atoms with Crippen LogP contribution in [0.15, 0.2) is 146 Å². The monoisotopic (exact) mass is 622 g/mol. The van der Waals surface area contributed by atoms with Gasteiger partial charge in [-0.05, 0) is 51.0 Å². The molecule has 0 aliphatic heterocycles. The standard InChI is InChI=1S/C47H30N2/c1-47(2)35-21-9-7-18-33(35)40-36(47)22-12-24-38(40)48-39-26-25-27-13-3-4-14-28(27)41(39)42-30-16-5-6-17-32(30)45-43(46(42)48)34-20-11-19-31-29-15-8-10-23-37(29)49(45)44(31)34/h3-26H,1-2H3. The van der Waals surface area contributed by atoms with Crippen molar-refractivity contribution >= 4 is 81.4 Å². The van der Waals surface area contributed by atoms with Crippen molar-refractivity contribution in [3.63, 3.8) is 0 Å². The van der Waals surface area contributed by atoms with E-state index >= 15 is 0 Å². The third-order valence-corrected chi connectivity index (χ3v) is 11.8.